The van der Waals surface area contributed by atoms with Crippen LogP contribution in [0.2, 0.25) is 0 Å². The van der Waals surface area contributed by atoms with Crippen molar-refractivity contribution in [2.24, 2.45) is 0 Å². The van der Waals surface area contributed by atoms with E-state index >= 15 is 0 Å². The maximum Gasteiger partial charge on any atom is 1.00 e. The summed E-state index contributed by atoms with van der Waals surface area (Å²) in [6.07, 6.45) is 0. The van der Waals surface area contributed by atoms with Gasteiger partial charge >= 0.3 is 29.6 Å². The summed E-state index contributed by atoms with van der Waals surface area (Å²) in [5.74, 6) is 2.73. The van der Waals surface area contributed by atoms with E-state index in [2.05, 4.69) is 12.6 Å². The fourth-order valence-corrected chi connectivity index (χ4v) is 0.443. The number of aliphatic hydroxyl groups is 1. The topological polar surface area (TPSA) is 97.8 Å². The minimum absolute atomic E-state index is 0. The number of rotatable bonds is 2. The zero-order chi connectivity index (χ0) is 12.9. The predicted molar refractivity (Wildman–Crippen MR) is 74.6 cm³/mol. The van der Waals surface area contributed by atoms with Crippen LogP contribution in [0.1, 0.15) is 13.8 Å². The molecular formula is C9H20ClN2NaO2S2. The molecule has 0 saturated heterocycles. The minimum atomic E-state index is 0. The Balaban J connectivity index is -0.0000000246. The van der Waals surface area contributed by atoms with E-state index in [0.717, 1.165) is 18.7 Å². The van der Waals surface area contributed by atoms with Crippen molar-refractivity contribution in [2.45, 2.75) is 13.8 Å². The molecule has 0 aliphatic carbocycles. The molecule has 17 heavy (non-hydrogen) atoms. The molecule has 0 rings (SSSR count). The van der Waals surface area contributed by atoms with E-state index in [0.29, 0.717) is 11.5 Å². The average Bonchev–Trinajstić information content (AvgIpc) is 2.30. The number of aliphatic hydroxyl groups excluding tert-OH is 1. The van der Waals surface area contributed by atoms with Crippen LogP contribution in [0.25, 0.3) is 0 Å². The van der Waals surface area contributed by atoms with Gasteiger partial charge in [-0.1, -0.05) is 13.8 Å². The number of alkyl halides is 1. The summed E-state index contributed by atoms with van der Waals surface area (Å²) in [5.41, 5.74) is 0. The Kier molecular flexibility index (Phi) is 145. The third-order valence-electron chi connectivity index (χ3n) is 0.441. The predicted octanol–water partition coefficient (Wildman–Crippen LogP) is -0.616. The van der Waals surface area contributed by atoms with Gasteiger partial charge in [-0.25, -0.2) is 0 Å². The van der Waals surface area contributed by atoms with E-state index in [1.54, 1.807) is 17.8 Å². The number of halogens is 1. The maximum atomic E-state index is 7.93. The second-order valence-corrected chi connectivity index (χ2v) is 3.50. The van der Waals surface area contributed by atoms with Crippen LogP contribution in [0, 0.1) is 22.7 Å². The largest absolute Gasteiger partial charge is 1.00 e. The molecule has 0 atom stereocenters. The number of nitrogens with zero attached hydrogens (tertiary/aromatic N) is 2. The van der Waals surface area contributed by atoms with Gasteiger partial charge in [-0.3, -0.25) is 0 Å². The second-order valence-electron chi connectivity index (χ2n) is 1.38. The normalized spacial score (nSPS) is 5.18. The van der Waals surface area contributed by atoms with Crippen LogP contribution in [-0.2, 0) is 0 Å². The Bertz CT molecular complexity index is 155. The molecule has 4 nitrogen and oxygen atoms in total. The first-order valence-electron chi connectivity index (χ1n) is 4.18. The molecular weight excluding hydrogens is 291 g/mol. The summed E-state index contributed by atoms with van der Waals surface area (Å²) in [5, 5.41) is 22.5. The first-order chi connectivity index (χ1) is 7.24. The van der Waals surface area contributed by atoms with Crippen LogP contribution in [0.15, 0.2) is 0 Å². The zero-order valence-corrected chi connectivity index (χ0v) is 15.3. The second kappa shape index (κ2) is 68.5. The van der Waals surface area contributed by atoms with E-state index < -0.39 is 0 Å². The van der Waals surface area contributed by atoms with Gasteiger partial charge in [0.2, 0.25) is 0 Å². The third kappa shape index (κ3) is 157. The monoisotopic (exact) mass is 310 g/mol. The molecule has 0 aliphatic heterocycles. The van der Waals surface area contributed by atoms with Crippen LogP contribution in [0.4, 0.5) is 0 Å². The zero-order valence-electron chi connectivity index (χ0n) is 10.9. The first kappa shape index (κ1) is 36.1. The molecule has 0 bridgehead atoms. The Labute approximate surface area is 142 Å². The molecule has 98 valence electrons. The van der Waals surface area contributed by atoms with Crippen LogP contribution < -0.4 is 29.6 Å². The number of nitriles is 2. The summed E-state index contributed by atoms with van der Waals surface area (Å²) >= 11 is 10.2. The number of thiol groups is 1. The van der Waals surface area contributed by atoms with E-state index in [1.807, 2.05) is 19.9 Å². The smallest absolute Gasteiger partial charge is 0.870 e. The summed E-state index contributed by atoms with van der Waals surface area (Å²) in [6, 6.07) is 3.83. The molecule has 0 fully saturated rings. The molecule has 0 radical (unpaired) electrons. The van der Waals surface area contributed by atoms with Gasteiger partial charge in [0.1, 0.15) is 0 Å². The molecule has 0 saturated carbocycles. The van der Waals surface area contributed by atoms with Crippen molar-refractivity contribution in [1.29, 1.82) is 10.5 Å². The summed E-state index contributed by atoms with van der Waals surface area (Å²) in [4.78, 5) is 0. The summed E-state index contributed by atoms with van der Waals surface area (Å²) in [6.45, 7) is 3.93. The third-order valence-corrected chi connectivity index (χ3v) is 1.32. The van der Waals surface area contributed by atoms with Crippen molar-refractivity contribution in [1.82, 2.24) is 0 Å². The number of hydrogen-bond acceptors (Lipinski definition) is 6. The van der Waals surface area contributed by atoms with E-state index in [9.17, 15) is 0 Å². The van der Waals surface area contributed by atoms with E-state index in [-0.39, 0.29) is 35.0 Å². The van der Waals surface area contributed by atoms with Gasteiger partial charge in [0, 0.05) is 13.0 Å². The number of hydrogen-bond donors (Lipinski definition) is 2. The van der Waals surface area contributed by atoms with Crippen molar-refractivity contribution >= 4 is 36.0 Å². The fourth-order valence-electron chi connectivity index (χ4n) is 0.148. The SMILES string of the molecule is CCCl.CCSCC#N.CO.N#CCS.[Na+].[OH-]. The van der Waals surface area contributed by atoms with Crippen molar-refractivity contribution in [3.8, 4) is 12.1 Å². The molecule has 0 heterocycles. The Morgan fingerprint density at radius 2 is 1.53 bits per heavy atom. The van der Waals surface area contributed by atoms with Crippen LogP contribution in [0.5, 0.6) is 0 Å². The molecule has 0 amide bonds. The Morgan fingerprint density at radius 3 is 1.59 bits per heavy atom. The maximum absolute atomic E-state index is 7.93. The fraction of sp³-hybridized carbons (Fsp3) is 0.778. The van der Waals surface area contributed by atoms with Gasteiger partial charge < -0.3 is 10.6 Å². The van der Waals surface area contributed by atoms with Gasteiger partial charge in [0.15, 0.2) is 0 Å². The standard InChI is InChI=1S/C4H7NS.C2H5Cl.C2H3NS.CH4O.Na.H2O/c1-2-6-4-3-5;1-2-3;3-1-2-4;1-2;;/h2,4H2,1H3;2H2,1H3;4H,2H2;2H,1H3;;1H2/q;;;;+1;/p-1. The Hall–Kier alpha value is 0.890. The van der Waals surface area contributed by atoms with Crippen LogP contribution in [-0.4, -0.2) is 40.8 Å². The van der Waals surface area contributed by atoms with Gasteiger partial charge in [-0.2, -0.15) is 23.2 Å². The number of thioether (sulfide) groups is 1. The quantitative estimate of drug-likeness (QED) is 0.307. The molecule has 0 aliphatic rings. The molecule has 0 aromatic carbocycles. The van der Waals surface area contributed by atoms with E-state index in [4.69, 9.17) is 27.2 Å². The summed E-state index contributed by atoms with van der Waals surface area (Å²) < 4.78 is 0. The van der Waals surface area contributed by atoms with Gasteiger partial charge in [0.25, 0.3) is 0 Å². The van der Waals surface area contributed by atoms with Gasteiger partial charge in [-0.05, 0) is 5.75 Å². The average molecular weight is 311 g/mol. The van der Waals surface area contributed by atoms with Crippen molar-refractivity contribution in [2.75, 3.05) is 30.2 Å². The minimum Gasteiger partial charge on any atom is -0.870 e. The molecule has 0 aromatic rings. The van der Waals surface area contributed by atoms with Gasteiger partial charge in [0.05, 0.1) is 23.6 Å². The molecule has 0 aromatic heterocycles. The molecule has 0 unspecified atom stereocenters. The Morgan fingerprint density at radius 1 is 1.24 bits per heavy atom. The van der Waals surface area contributed by atoms with Crippen molar-refractivity contribution < 1.29 is 40.1 Å². The van der Waals surface area contributed by atoms with E-state index in [1.165, 1.54) is 0 Å². The molecule has 2 N–H and O–H groups in total. The summed E-state index contributed by atoms with van der Waals surface area (Å²) in [7, 11) is 1.00. The van der Waals surface area contributed by atoms with Crippen molar-refractivity contribution in [3.05, 3.63) is 0 Å². The van der Waals surface area contributed by atoms with Gasteiger partial charge in [-0.15, -0.1) is 23.4 Å². The van der Waals surface area contributed by atoms with Crippen LogP contribution >= 0.6 is 36.0 Å². The first-order valence-corrected chi connectivity index (χ1v) is 6.50. The molecule has 0 spiro atoms. The van der Waals surface area contributed by atoms with Crippen molar-refractivity contribution in [3.63, 3.8) is 0 Å². The van der Waals surface area contributed by atoms with Crippen LogP contribution in [0.3, 0.4) is 0 Å². The molecule has 8 heteroatoms.